The van der Waals surface area contributed by atoms with Gasteiger partial charge in [0, 0.05) is 32.0 Å². The van der Waals surface area contributed by atoms with E-state index in [-0.39, 0.29) is 25.1 Å². The van der Waals surface area contributed by atoms with Gasteiger partial charge in [-0.25, -0.2) is 8.42 Å². The molecule has 1 aromatic heterocycles. The van der Waals surface area contributed by atoms with E-state index in [4.69, 9.17) is 9.26 Å². The molecule has 4 rings (SSSR count). The van der Waals surface area contributed by atoms with Crippen molar-refractivity contribution in [1.29, 1.82) is 0 Å². The minimum absolute atomic E-state index is 0.0205. The van der Waals surface area contributed by atoms with E-state index in [1.807, 2.05) is 30.3 Å². The van der Waals surface area contributed by atoms with Gasteiger partial charge in [-0.15, -0.1) is 0 Å². The zero-order valence-electron chi connectivity index (χ0n) is 16.9. The van der Waals surface area contributed by atoms with Gasteiger partial charge in [0.25, 0.3) is 0 Å². The maximum absolute atomic E-state index is 12.3. The minimum atomic E-state index is -3.42. The molecule has 162 valence electrons. The average Bonchev–Trinajstić information content (AvgIpc) is 3.41. The van der Waals surface area contributed by atoms with E-state index in [0.717, 1.165) is 18.4 Å². The van der Waals surface area contributed by atoms with Gasteiger partial charge in [0.15, 0.2) is 5.82 Å². The van der Waals surface area contributed by atoms with Crippen LogP contribution in [0.15, 0.2) is 34.9 Å². The molecule has 1 saturated carbocycles. The van der Waals surface area contributed by atoms with Gasteiger partial charge in [-0.1, -0.05) is 35.5 Å². The molecule has 1 saturated heterocycles. The Balaban J connectivity index is 1.24. The molecule has 2 aromatic rings. The summed E-state index contributed by atoms with van der Waals surface area (Å²) in [5.41, 5.74) is 1.00. The molecule has 0 atom stereocenters. The summed E-state index contributed by atoms with van der Waals surface area (Å²) in [5.74, 6) is 1.40. The molecule has 1 aromatic carbocycles. The van der Waals surface area contributed by atoms with Gasteiger partial charge < -0.3 is 14.2 Å². The lowest BCUT2D eigenvalue weighted by Crippen LogP contribution is -2.63. The quantitative estimate of drug-likeness (QED) is 0.553. The number of aromatic nitrogens is 2. The molecule has 1 amide bonds. The van der Waals surface area contributed by atoms with Crippen LogP contribution in [-0.2, 0) is 32.6 Å². The molecule has 30 heavy (non-hydrogen) atoms. The van der Waals surface area contributed by atoms with Gasteiger partial charge in [-0.2, -0.15) is 9.29 Å². The Labute approximate surface area is 176 Å². The molecule has 9 nitrogen and oxygen atoms in total. The van der Waals surface area contributed by atoms with Gasteiger partial charge in [0.05, 0.1) is 18.9 Å². The predicted octanol–water partition coefficient (Wildman–Crippen LogP) is 1.18. The third-order valence-corrected chi connectivity index (χ3v) is 6.68. The molecular weight excluding hydrogens is 408 g/mol. The van der Waals surface area contributed by atoms with E-state index in [0.29, 0.717) is 43.8 Å². The van der Waals surface area contributed by atoms with Crippen LogP contribution < -0.4 is 0 Å². The fourth-order valence-corrected chi connectivity index (χ4v) is 4.56. The first-order valence-electron chi connectivity index (χ1n) is 10.1. The van der Waals surface area contributed by atoms with Gasteiger partial charge >= 0.3 is 0 Å². The van der Waals surface area contributed by atoms with Crippen molar-refractivity contribution in [1.82, 2.24) is 19.3 Å². The van der Waals surface area contributed by atoms with Crippen molar-refractivity contribution in [2.75, 3.05) is 32.5 Å². The van der Waals surface area contributed by atoms with Crippen LogP contribution in [0.1, 0.15) is 36.0 Å². The Bertz CT molecular complexity index is 968. The number of nitrogens with zero attached hydrogens (tertiary/aromatic N) is 4. The molecule has 10 heteroatoms. The zero-order chi connectivity index (χ0) is 21.1. The lowest BCUT2D eigenvalue weighted by atomic mass is 10.1. The lowest BCUT2D eigenvalue weighted by Gasteiger charge is -2.44. The van der Waals surface area contributed by atoms with Crippen molar-refractivity contribution in [3.8, 4) is 0 Å². The highest BCUT2D eigenvalue weighted by molar-refractivity contribution is 7.88. The van der Waals surface area contributed by atoms with Crippen LogP contribution in [-0.4, -0.2) is 72.2 Å². The maximum Gasteiger partial charge on any atom is 0.248 e. The molecule has 2 fully saturated rings. The van der Waals surface area contributed by atoms with E-state index < -0.39 is 10.0 Å². The maximum atomic E-state index is 12.3. The van der Waals surface area contributed by atoms with Crippen LogP contribution in [0.2, 0.25) is 0 Å². The zero-order valence-corrected chi connectivity index (χ0v) is 17.8. The molecule has 1 aliphatic carbocycles. The summed E-state index contributed by atoms with van der Waals surface area (Å²) >= 11 is 0. The molecule has 0 radical (unpaired) electrons. The summed E-state index contributed by atoms with van der Waals surface area (Å²) in [7, 11) is -3.42. The molecule has 0 unspecified atom stereocenters. The summed E-state index contributed by atoms with van der Waals surface area (Å²) < 4.78 is 36.6. The van der Waals surface area contributed by atoms with Crippen LogP contribution >= 0.6 is 0 Å². The second kappa shape index (κ2) is 8.83. The SMILES string of the molecule is CS(=O)(=O)N(CCc1noc(C2CC2)n1)C1CN(C(=O)COCc2ccccc2)C1. The number of benzene rings is 1. The second-order valence-electron chi connectivity index (χ2n) is 7.88. The van der Waals surface area contributed by atoms with Crippen molar-refractivity contribution in [3.63, 3.8) is 0 Å². The summed E-state index contributed by atoms with van der Waals surface area (Å²) in [5, 5.41) is 3.95. The molecule has 0 spiro atoms. The van der Waals surface area contributed by atoms with Crippen LogP contribution in [0.25, 0.3) is 0 Å². The highest BCUT2D eigenvalue weighted by atomic mass is 32.2. The number of ether oxygens (including phenoxy) is 1. The molecule has 0 bridgehead atoms. The Hall–Kier alpha value is -2.30. The van der Waals surface area contributed by atoms with Crippen LogP contribution in [0.5, 0.6) is 0 Å². The first-order chi connectivity index (χ1) is 14.4. The Kier molecular flexibility index (Phi) is 6.16. The average molecular weight is 435 g/mol. The molecular formula is C20H26N4O5S. The van der Waals surface area contributed by atoms with E-state index >= 15 is 0 Å². The first-order valence-corrected chi connectivity index (χ1v) is 11.9. The van der Waals surface area contributed by atoms with Crippen LogP contribution in [0, 0.1) is 0 Å². The number of hydrogen-bond donors (Lipinski definition) is 0. The normalized spacial score (nSPS) is 17.3. The summed E-state index contributed by atoms with van der Waals surface area (Å²) in [4.78, 5) is 18.3. The van der Waals surface area contributed by atoms with E-state index in [2.05, 4.69) is 10.1 Å². The van der Waals surface area contributed by atoms with Gasteiger partial charge in [-0.3, -0.25) is 4.79 Å². The molecule has 1 aliphatic heterocycles. The molecule has 2 heterocycles. The Morgan fingerprint density at radius 1 is 1.27 bits per heavy atom. The fraction of sp³-hybridized carbons (Fsp3) is 0.550. The molecule has 0 N–H and O–H groups in total. The molecule has 2 aliphatic rings. The van der Waals surface area contributed by atoms with Crippen molar-refractivity contribution in [3.05, 3.63) is 47.6 Å². The number of rotatable bonds is 10. The minimum Gasteiger partial charge on any atom is -0.367 e. The third-order valence-electron chi connectivity index (χ3n) is 5.35. The number of carbonyl (C=O) groups excluding carboxylic acids is 1. The highest BCUT2D eigenvalue weighted by Gasteiger charge is 2.38. The monoisotopic (exact) mass is 434 g/mol. The number of amides is 1. The lowest BCUT2D eigenvalue weighted by molar-refractivity contribution is -0.142. The second-order valence-corrected chi connectivity index (χ2v) is 9.81. The van der Waals surface area contributed by atoms with Crippen LogP contribution in [0.3, 0.4) is 0 Å². The predicted molar refractivity (Wildman–Crippen MR) is 108 cm³/mol. The number of hydrogen-bond acceptors (Lipinski definition) is 7. The number of carbonyl (C=O) groups is 1. The summed E-state index contributed by atoms with van der Waals surface area (Å²) in [6.45, 7) is 1.33. The summed E-state index contributed by atoms with van der Waals surface area (Å²) in [6.07, 6.45) is 3.70. The first kappa shape index (κ1) is 21.0. The fourth-order valence-electron chi connectivity index (χ4n) is 3.46. The van der Waals surface area contributed by atoms with Gasteiger partial charge in [0.2, 0.25) is 21.8 Å². The van der Waals surface area contributed by atoms with E-state index in [9.17, 15) is 13.2 Å². The van der Waals surface area contributed by atoms with Gasteiger partial charge in [-0.05, 0) is 18.4 Å². The number of likely N-dealkylation sites (tertiary alicyclic amines) is 1. The smallest absolute Gasteiger partial charge is 0.248 e. The third kappa shape index (κ3) is 5.24. The van der Waals surface area contributed by atoms with Crippen LogP contribution in [0.4, 0.5) is 0 Å². The Morgan fingerprint density at radius 3 is 2.67 bits per heavy atom. The standard InChI is InChI=1S/C20H26N4O5S/c1-30(26,27)24(10-9-18-21-20(29-22-18)16-7-8-16)17-11-23(12-17)19(25)14-28-13-15-5-3-2-4-6-15/h2-6,16-17H,7-14H2,1H3. The van der Waals surface area contributed by atoms with Gasteiger partial charge in [0.1, 0.15) is 6.61 Å². The highest BCUT2D eigenvalue weighted by Crippen LogP contribution is 2.38. The van der Waals surface area contributed by atoms with Crippen molar-refractivity contribution < 1.29 is 22.5 Å². The van der Waals surface area contributed by atoms with E-state index in [1.54, 1.807) is 4.90 Å². The van der Waals surface area contributed by atoms with Crippen molar-refractivity contribution in [2.24, 2.45) is 0 Å². The number of sulfonamides is 1. The summed E-state index contributed by atoms with van der Waals surface area (Å²) in [6, 6.07) is 9.39. The van der Waals surface area contributed by atoms with E-state index in [1.165, 1.54) is 10.6 Å². The topological polar surface area (TPSA) is 106 Å². The van der Waals surface area contributed by atoms with Crippen molar-refractivity contribution >= 4 is 15.9 Å². The Morgan fingerprint density at radius 2 is 2.00 bits per heavy atom. The van der Waals surface area contributed by atoms with Crippen molar-refractivity contribution in [2.45, 2.75) is 37.8 Å². The largest absolute Gasteiger partial charge is 0.367 e.